The first-order valence-electron chi connectivity index (χ1n) is 6.48. The third kappa shape index (κ3) is 4.82. The van der Waals surface area contributed by atoms with E-state index in [0.717, 1.165) is 6.42 Å². The summed E-state index contributed by atoms with van der Waals surface area (Å²) in [6.45, 7) is 9.28. The van der Waals surface area contributed by atoms with E-state index in [1.54, 1.807) is 4.90 Å². The number of amides is 1. The van der Waals surface area contributed by atoms with E-state index < -0.39 is 5.60 Å². The zero-order chi connectivity index (χ0) is 13.8. The zero-order valence-corrected chi connectivity index (χ0v) is 11.9. The molecule has 1 aliphatic rings. The van der Waals surface area contributed by atoms with Crippen molar-refractivity contribution in [1.29, 1.82) is 0 Å². The SMILES string of the molecule is CC(C)(C)OC(=O)N1CCOC(C)(CCCO)C1. The van der Waals surface area contributed by atoms with Gasteiger partial charge in [-0.15, -0.1) is 0 Å². The molecule has 0 radical (unpaired) electrons. The van der Waals surface area contributed by atoms with Crippen molar-refractivity contribution in [2.75, 3.05) is 26.3 Å². The Kier molecular flexibility index (Phi) is 4.99. The lowest BCUT2D eigenvalue weighted by atomic mass is 9.98. The summed E-state index contributed by atoms with van der Waals surface area (Å²) < 4.78 is 11.1. The van der Waals surface area contributed by atoms with Crippen LogP contribution in [0.3, 0.4) is 0 Å². The Hall–Kier alpha value is -0.810. The van der Waals surface area contributed by atoms with Gasteiger partial charge in [0.2, 0.25) is 0 Å². The molecule has 0 aromatic rings. The number of rotatable bonds is 3. The van der Waals surface area contributed by atoms with E-state index in [4.69, 9.17) is 14.6 Å². The second-order valence-corrected chi connectivity index (χ2v) is 6.03. The van der Waals surface area contributed by atoms with Crippen LogP contribution in [0.25, 0.3) is 0 Å². The Bertz CT molecular complexity index is 287. The topological polar surface area (TPSA) is 59.0 Å². The molecule has 106 valence electrons. The molecule has 5 heteroatoms. The first kappa shape index (κ1) is 15.2. The Morgan fingerprint density at radius 3 is 2.72 bits per heavy atom. The summed E-state index contributed by atoms with van der Waals surface area (Å²) in [5.74, 6) is 0. The summed E-state index contributed by atoms with van der Waals surface area (Å²) in [7, 11) is 0. The molecule has 1 fully saturated rings. The van der Waals surface area contributed by atoms with E-state index in [0.29, 0.717) is 26.1 Å². The van der Waals surface area contributed by atoms with Crippen LogP contribution in [0, 0.1) is 0 Å². The van der Waals surface area contributed by atoms with Crippen LogP contribution in [0.4, 0.5) is 4.79 Å². The van der Waals surface area contributed by atoms with Gasteiger partial charge in [-0.1, -0.05) is 0 Å². The van der Waals surface area contributed by atoms with Crippen molar-refractivity contribution < 1.29 is 19.4 Å². The molecule has 5 nitrogen and oxygen atoms in total. The fourth-order valence-corrected chi connectivity index (χ4v) is 2.02. The van der Waals surface area contributed by atoms with Crippen molar-refractivity contribution in [3.63, 3.8) is 0 Å². The van der Waals surface area contributed by atoms with Crippen LogP contribution >= 0.6 is 0 Å². The molecular weight excluding hydrogens is 234 g/mol. The number of morpholine rings is 1. The van der Waals surface area contributed by atoms with Crippen molar-refractivity contribution >= 4 is 6.09 Å². The van der Waals surface area contributed by atoms with Gasteiger partial charge in [0.15, 0.2) is 0 Å². The van der Waals surface area contributed by atoms with Crippen molar-refractivity contribution in [2.45, 2.75) is 51.7 Å². The minimum Gasteiger partial charge on any atom is -0.444 e. The molecule has 1 N–H and O–H groups in total. The Balaban J connectivity index is 2.55. The van der Waals surface area contributed by atoms with E-state index in [-0.39, 0.29) is 18.3 Å². The van der Waals surface area contributed by atoms with Crippen LogP contribution in [-0.4, -0.2) is 53.6 Å². The molecule has 1 aliphatic heterocycles. The maximum absolute atomic E-state index is 12.0. The normalized spacial score (nSPS) is 25.1. The lowest BCUT2D eigenvalue weighted by Crippen LogP contribution is -2.53. The molecule has 1 amide bonds. The molecule has 1 saturated heterocycles. The van der Waals surface area contributed by atoms with Crippen LogP contribution in [0.1, 0.15) is 40.5 Å². The van der Waals surface area contributed by atoms with Gasteiger partial charge in [-0.05, 0) is 40.5 Å². The van der Waals surface area contributed by atoms with Crippen LogP contribution in [0.2, 0.25) is 0 Å². The van der Waals surface area contributed by atoms with Crippen molar-refractivity contribution in [1.82, 2.24) is 4.90 Å². The summed E-state index contributed by atoms with van der Waals surface area (Å²) in [5, 5.41) is 8.88. The molecule has 18 heavy (non-hydrogen) atoms. The molecule has 1 unspecified atom stereocenters. The van der Waals surface area contributed by atoms with Gasteiger partial charge in [0.1, 0.15) is 5.60 Å². The van der Waals surface area contributed by atoms with E-state index in [2.05, 4.69) is 0 Å². The number of aliphatic hydroxyl groups is 1. The fourth-order valence-electron chi connectivity index (χ4n) is 2.02. The fraction of sp³-hybridized carbons (Fsp3) is 0.923. The standard InChI is InChI=1S/C13H25NO4/c1-12(2,3)18-11(16)14-7-9-17-13(4,10-14)6-5-8-15/h15H,5-10H2,1-4H3. The number of hydrogen-bond donors (Lipinski definition) is 1. The Morgan fingerprint density at radius 1 is 1.50 bits per heavy atom. The third-order valence-electron chi connectivity index (χ3n) is 2.85. The van der Waals surface area contributed by atoms with Gasteiger partial charge >= 0.3 is 6.09 Å². The first-order chi connectivity index (χ1) is 8.26. The van der Waals surface area contributed by atoms with Gasteiger partial charge in [-0.25, -0.2) is 4.79 Å². The van der Waals surface area contributed by atoms with Gasteiger partial charge in [-0.3, -0.25) is 0 Å². The van der Waals surface area contributed by atoms with Gasteiger partial charge in [0.25, 0.3) is 0 Å². The average molecular weight is 259 g/mol. The molecule has 1 atom stereocenters. The largest absolute Gasteiger partial charge is 0.444 e. The molecule has 0 aromatic carbocycles. The molecule has 0 saturated carbocycles. The average Bonchev–Trinajstić information content (AvgIpc) is 2.24. The summed E-state index contributed by atoms with van der Waals surface area (Å²) >= 11 is 0. The smallest absolute Gasteiger partial charge is 0.410 e. The van der Waals surface area contributed by atoms with Crippen LogP contribution in [0.5, 0.6) is 0 Å². The van der Waals surface area contributed by atoms with Crippen LogP contribution in [0.15, 0.2) is 0 Å². The Labute approximate surface area is 109 Å². The molecule has 1 rings (SSSR count). The minimum atomic E-state index is -0.475. The highest BCUT2D eigenvalue weighted by molar-refractivity contribution is 5.68. The number of carbonyl (C=O) groups is 1. The Morgan fingerprint density at radius 2 is 2.17 bits per heavy atom. The summed E-state index contributed by atoms with van der Waals surface area (Å²) in [6.07, 6.45) is 1.13. The molecule has 0 aliphatic carbocycles. The molecule has 0 aromatic heterocycles. The maximum Gasteiger partial charge on any atom is 0.410 e. The van der Waals surface area contributed by atoms with Gasteiger partial charge in [0.05, 0.1) is 18.8 Å². The van der Waals surface area contributed by atoms with Gasteiger partial charge in [-0.2, -0.15) is 0 Å². The summed E-state index contributed by atoms with van der Waals surface area (Å²) in [6, 6.07) is 0. The van der Waals surface area contributed by atoms with Crippen molar-refractivity contribution in [2.24, 2.45) is 0 Å². The van der Waals surface area contributed by atoms with E-state index in [9.17, 15) is 4.79 Å². The molecule has 0 spiro atoms. The minimum absolute atomic E-state index is 0.144. The number of hydrogen-bond acceptors (Lipinski definition) is 4. The predicted molar refractivity (Wildman–Crippen MR) is 68.5 cm³/mol. The van der Waals surface area contributed by atoms with Gasteiger partial charge < -0.3 is 19.5 Å². The maximum atomic E-state index is 12.0. The highest BCUT2D eigenvalue weighted by atomic mass is 16.6. The number of ether oxygens (including phenoxy) is 2. The number of nitrogens with zero attached hydrogens (tertiary/aromatic N) is 1. The summed E-state index contributed by atoms with van der Waals surface area (Å²) in [5.41, 5.74) is -0.852. The quantitative estimate of drug-likeness (QED) is 0.839. The predicted octanol–water partition coefficient (Wildman–Crippen LogP) is 1.78. The summed E-state index contributed by atoms with van der Waals surface area (Å²) in [4.78, 5) is 13.7. The zero-order valence-electron chi connectivity index (χ0n) is 11.9. The third-order valence-corrected chi connectivity index (χ3v) is 2.85. The molecule has 1 heterocycles. The van der Waals surface area contributed by atoms with E-state index in [1.165, 1.54) is 0 Å². The van der Waals surface area contributed by atoms with Crippen molar-refractivity contribution in [3.05, 3.63) is 0 Å². The monoisotopic (exact) mass is 259 g/mol. The molecular formula is C13H25NO4. The molecule has 0 bridgehead atoms. The number of aliphatic hydroxyl groups excluding tert-OH is 1. The van der Waals surface area contributed by atoms with E-state index in [1.807, 2.05) is 27.7 Å². The number of carbonyl (C=O) groups excluding carboxylic acids is 1. The second-order valence-electron chi connectivity index (χ2n) is 6.03. The van der Waals surface area contributed by atoms with Crippen LogP contribution in [-0.2, 0) is 9.47 Å². The highest BCUT2D eigenvalue weighted by Gasteiger charge is 2.35. The van der Waals surface area contributed by atoms with Gasteiger partial charge in [0, 0.05) is 13.2 Å². The second kappa shape index (κ2) is 5.89. The van der Waals surface area contributed by atoms with E-state index >= 15 is 0 Å². The lowest BCUT2D eigenvalue weighted by molar-refractivity contribution is -0.104. The highest BCUT2D eigenvalue weighted by Crippen LogP contribution is 2.24. The first-order valence-corrected chi connectivity index (χ1v) is 6.48. The van der Waals surface area contributed by atoms with Crippen molar-refractivity contribution in [3.8, 4) is 0 Å². The lowest BCUT2D eigenvalue weighted by Gasteiger charge is -2.40. The van der Waals surface area contributed by atoms with Crippen LogP contribution < -0.4 is 0 Å².